The van der Waals surface area contributed by atoms with E-state index in [2.05, 4.69) is 20.7 Å². The van der Waals surface area contributed by atoms with E-state index < -0.39 is 0 Å². The van der Waals surface area contributed by atoms with Crippen molar-refractivity contribution in [3.63, 3.8) is 0 Å². The van der Waals surface area contributed by atoms with E-state index in [1.54, 1.807) is 29.6 Å². The Balaban J connectivity index is 0.00000225. The number of hydrogen-bond donors (Lipinski definition) is 2. The molecule has 1 aromatic carbocycles. The molecule has 0 radical (unpaired) electrons. The highest BCUT2D eigenvalue weighted by atomic mass is 35.5. The van der Waals surface area contributed by atoms with Crippen molar-refractivity contribution in [2.24, 2.45) is 7.05 Å². The first-order valence-electron chi connectivity index (χ1n) is 9.37. The molecule has 0 aliphatic carbocycles. The number of carbonyl (C=O) groups excluding carboxylic acids is 2. The second kappa shape index (κ2) is 8.28. The van der Waals surface area contributed by atoms with Crippen molar-refractivity contribution in [2.45, 2.75) is 32.1 Å². The number of nitrogens with zero attached hydrogens (tertiary/aromatic N) is 4. The quantitative estimate of drug-likeness (QED) is 0.814. The Morgan fingerprint density at radius 2 is 2.00 bits per heavy atom. The van der Waals surface area contributed by atoms with Crippen molar-refractivity contribution < 1.29 is 9.59 Å². The molecule has 0 spiro atoms. The van der Waals surface area contributed by atoms with Gasteiger partial charge in [-0.3, -0.25) is 14.9 Å². The Bertz CT molecular complexity index is 891. The molecule has 3 heterocycles. The molecule has 2 aliphatic rings. The molecule has 150 valence electrons. The van der Waals surface area contributed by atoms with Crippen LogP contribution >= 0.6 is 12.4 Å². The van der Waals surface area contributed by atoms with Crippen LogP contribution in [-0.4, -0.2) is 46.2 Å². The average molecular weight is 405 g/mol. The first kappa shape index (κ1) is 20.3. The van der Waals surface area contributed by atoms with Crippen molar-refractivity contribution in [3.8, 4) is 0 Å². The largest absolute Gasteiger partial charge is 0.317 e. The number of fused-ring (bicyclic) bond motifs is 1. The number of rotatable bonds is 3. The number of benzene rings is 1. The van der Waals surface area contributed by atoms with Crippen LogP contribution in [0.2, 0.25) is 0 Å². The highest BCUT2D eigenvalue weighted by Crippen LogP contribution is 2.29. The standard InChI is InChI=1S/C19H24N6O2.ClH/c1-12(26)25-10-7-14-11-15(3-4-16(14)25)18(27)22-19-21-17(23-24(19)2)13-5-8-20-9-6-13;/h3-4,11,13,20H,5-10H2,1-2H3,(H,21,22,23,27);1H. The molecule has 1 aromatic heterocycles. The van der Waals surface area contributed by atoms with Gasteiger partial charge in [-0.1, -0.05) is 0 Å². The third-order valence-corrected chi connectivity index (χ3v) is 5.33. The molecule has 2 amide bonds. The van der Waals surface area contributed by atoms with Gasteiger partial charge in [-0.05, 0) is 56.1 Å². The molecule has 1 saturated heterocycles. The maximum atomic E-state index is 12.7. The Morgan fingerprint density at radius 1 is 1.25 bits per heavy atom. The lowest BCUT2D eigenvalue weighted by atomic mass is 9.98. The van der Waals surface area contributed by atoms with Crippen LogP contribution in [0.1, 0.15) is 47.4 Å². The highest BCUT2D eigenvalue weighted by Gasteiger charge is 2.24. The lowest BCUT2D eigenvalue weighted by Gasteiger charge is -2.19. The molecule has 0 bridgehead atoms. The molecule has 8 nitrogen and oxygen atoms in total. The van der Waals surface area contributed by atoms with Crippen molar-refractivity contribution >= 4 is 35.9 Å². The molecular formula is C19H25ClN6O2. The van der Waals surface area contributed by atoms with Gasteiger partial charge in [-0.25, -0.2) is 4.68 Å². The van der Waals surface area contributed by atoms with E-state index >= 15 is 0 Å². The van der Waals surface area contributed by atoms with Crippen LogP contribution in [0, 0.1) is 0 Å². The van der Waals surface area contributed by atoms with E-state index in [-0.39, 0.29) is 24.2 Å². The first-order valence-corrected chi connectivity index (χ1v) is 9.37. The van der Waals surface area contributed by atoms with E-state index in [1.807, 2.05) is 12.1 Å². The second-order valence-corrected chi connectivity index (χ2v) is 7.16. The van der Waals surface area contributed by atoms with E-state index in [0.717, 1.165) is 49.4 Å². The lowest BCUT2D eigenvalue weighted by molar-refractivity contribution is -0.116. The van der Waals surface area contributed by atoms with Crippen LogP contribution in [-0.2, 0) is 18.3 Å². The monoisotopic (exact) mass is 404 g/mol. The fourth-order valence-electron chi connectivity index (χ4n) is 3.81. The zero-order chi connectivity index (χ0) is 19.0. The van der Waals surface area contributed by atoms with Crippen LogP contribution in [0.4, 0.5) is 11.6 Å². The molecule has 9 heteroatoms. The summed E-state index contributed by atoms with van der Waals surface area (Å²) in [5, 5.41) is 10.7. The van der Waals surface area contributed by atoms with Gasteiger partial charge in [0.25, 0.3) is 5.91 Å². The van der Waals surface area contributed by atoms with Crippen molar-refractivity contribution in [1.29, 1.82) is 0 Å². The molecule has 28 heavy (non-hydrogen) atoms. The van der Waals surface area contributed by atoms with Gasteiger partial charge < -0.3 is 10.2 Å². The van der Waals surface area contributed by atoms with E-state index in [1.165, 1.54) is 0 Å². The summed E-state index contributed by atoms with van der Waals surface area (Å²) in [6, 6.07) is 5.45. The van der Waals surface area contributed by atoms with Gasteiger partial charge in [-0.2, -0.15) is 10.1 Å². The smallest absolute Gasteiger partial charge is 0.258 e. The number of hydrogen-bond acceptors (Lipinski definition) is 5. The summed E-state index contributed by atoms with van der Waals surface area (Å²) in [5.74, 6) is 1.39. The topological polar surface area (TPSA) is 92.2 Å². The van der Waals surface area contributed by atoms with E-state index in [4.69, 9.17) is 0 Å². The van der Waals surface area contributed by atoms with Gasteiger partial charge in [0.05, 0.1) is 0 Å². The predicted molar refractivity (Wildman–Crippen MR) is 109 cm³/mol. The number of halogens is 1. The Labute approximate surface area is 170 Å². The molecule has 0 saturated carbocycles. The highest BCUT2D eigenvalue weighted by molar-refractivity contribution is 6.04. The van der Waals surface area contributed by atoms with Gasteiger partial charge >= 0.3 is 0 Å². The van der Waals surface area contributed by atoms with Gasteiger partial charge in [0.1, 0.15) is 0 Å². The van der Waals surface area contributed by atoms with Gasteiger partial charge in [0.15, 0.2) is 5.82 Å². The predicted octanol–water partition coefficient (Wildman–Crippen LogP) is 1.87. The molecule has 0 unspecified atom stereocenters. The molecule has 0 atom stereocenters. The number of aryl methyl sites for hydroxylation is 1. The van der Waals surface area contributed by atoms with Crippen LogP contribution in [0.5, 0.6) is 0 Å². The maximum absolute atomic E-state index is 12.7. The zero-order valence-corrected chi connectivity index (χ0v) is 16.9. The minimum absolute atomic E-state index is 0. The summed E-state index contributed by atoms with van der Waals surface area (Å²) >= 11 is 0. The van der Waals surface area contributed by atoms with E-state index in [0.29, 0.717) is 24.0 Å². The summed E-state index contributed by atoms with van der Waals surface area (Å²) in [6.45, 7) is 4.16. The normalized spacial score (nSPS) is 16.4. The summed E-state index contributed by atoms with van der Waals surface area (Å²) < 4.78 is 1.63. The summed E-state index contributed by atoms with van der Waals surface area (Å²) in [7, 11) is 1.79. The SMILES string of the molecule is CC(=O)N1CCc2cc(C(=O)Nc3nc(C4CCNCC4)nn3C)ccc21.Cl. The number of amides is 2. The van der Waals surface area contributed by atoms with Gasteiger partial charge in [0, 0.05) is 37.7 Å². The average Bonchev–Trinajstić information content (AvgIpc) is 3.26. The lowest BCUT2D eigenvalue weighted by Crippen LogP contribution is -2.27. The zero-order valence-electron chi connectivity index (χ0n) is 16.1. The number of anilines is 2. The Kier molecular flexibility index (Phi) is 6.00. The van der Waals surface area contributed by atoms with Crippen LogP contribution < -0.4 is 15.5 Å². The minimum atomic E-state index is -0.216. The molecule has 2 aliphatic heterocycles. The van der Waals surface area contributed by atoms with Crippen molar-refractivity contribution in [1.82, 2.24) is 20.1 Å². The first-order chi connectivity index (χ1) is 13.0. The molecule has 2 aromatic rings. The van der Waals surface area contributed by atoms with Crippen LogP contribution in [0.25, 0.3) is 0 Å². The number of nitrogens with one attached hydrogen (secondary N) is 2. The summed E-state index contributed by atoms with van der Waals surface area (Å²) in [4.78, 5) is 30.6. The van der Waals surface area contributed by atoms with E-state index in [9.17, 15) is 9.59 Å². The summed E-state index contributed by atoms with van der Waals surface area (Å²) in [5.41, 5.74) is 2.47. The number of piperidine rings is 1. The number of carbonyl (C=O) groups is 2. The Hall–Kier alpha value is -2.45. The Morgan fingerprint density at radius 3 is 2.71 bits per heavy atom. The third kappa shape index (κ3) is 3.88. The van der Waals surface area contributed by atoms with Crippen LogP contribution in [0.15, 0.2) is 18.2 Å². The fourth-order valence-corrected chi connectivity index (χ4v) is 3.81. The third-order valence-electron chi connectivity index (χ3n) is 5.33. The fraction of sp³-hybridized carbons (Fsp3) is 0.474. The van der Waals surface area contributed by atoms with Crippen molar-refractivity contribution in [2.75, 3.05) is 29.9 Å². The molecule has 2 N–H and O–H groups in total. The van der Waals surface area contributed by atoms with Gasteiger partial charge in [-0.15, -0.1) is 12.4 Å². The molecule has 4 rings (SSSR count). The number of aromatic nitrogens is 3. The summed E-state index contributed by atoms with van der Waals surface area (Å²) in [6.07, 6.45) is 2.78. The van der Waals surface area contributed by atoms with Crippen LogP contribution in [0.3, 0.4) is 0 Å². The molecular weight excluding hydrogens is 380 g/mol. The van der Waals surface area contributed by atoms with Crippen molar-refractivity contribution in [3.05, 3.63) is 35.2 Å². The second-order valence-electron chi connectivity index (χ2n) is 7.16. The van der Waals surface area contributed by atoms with Gasteiger partial charge in [0.2, 0.25) is 11.9 Å². The minimum Gasteiger partial charge on any atom is -0.317 e. The maximum Gasteiger partial charge on any atom is 0.258 e. The molecule has 1 fully saturated rings.